The molecule has 3 rings (SSSR count). The average molecular weight is 326 g/mol. The first kappa shape index (κ1) is 15.2. The third-order valence-corrected chi connectivity index (χ3v) is 3.82. The van der Waals surface area contributed by atoms with Crippen molar-refractivity contribution in [2.45, 2.75) is 13.3 Å². The topological polar surface area (TPSA) is 62.6 Å². The molecule has 1 fully saturated rings. The molecular formula is C17H14N2O3S. The van der Waals surface area contributed by atoms with Crippen LogP contribution >= 0.6 is 12.2 Å². The van der Waals surface area contributed by atoms with E-state index in [4.69, 9.17) is 16.6 Å². The highest BCUT2D eigenvalue weighted by atomic mass is 32.1. The van der Waals surface area contributed by atoms with E-state index in [2.05, 4.69) is 12.2 Å². The SMILES string of the molecule is CCc1ccc(N2C(=O)C(=Cc3ccco3)C(=O)NC2=S)cc1. The van der Waals surface area contributed by atoms with E-state index in [1.54, 1.807) is 12.1 Å². The first-order valence-corrected chi connectivity index (χ1v) is 7.55. The number of nitrogens with zero attached hydrogens (tertiary/aromatic N) is 1. The van der Waals surface area contributed by atoms with E-state index in [9.17, 15) is 9.59 Å². The highest BCUT2D eigenvalue weighted by Gasteiger charge is 2.34. The number of hydrogen-bond acceptors (Lipinski definition) is 4. The molecule has 0 spiro atoms. The van der Waals surface area contributed by atoms with Crippen LogP contribution in [-0.2, 0) is 16.0 Å². The van der Waals surface area contributed by atoms with Gasteiger partial charge in [0.25, 0.3) is 11.8 Å². The van der Waals surface area contributed by atoms with E-state index >= 15 is 0 Å². The fourth-order valence-corrected chi connectivity index (χ4v) is 2.57. The van der Waals surface area contributed by atoms with E-state index < -0.39 is 11.8 Å². The summed E-state index contributed by atoms with van der Waals surface area (Å²) in [6.07, 6.45) is 3.79. The Hall–Kier alpha value is -2.73. The van der Waals surface area contributed by atoms with Gasteiger partial charge in [-0.05, 0) is 54.5 Å². The van der Waals surface area contributed by atoms with Gasteiger partial charge in [-0.2, -0.15) is 0 Å². The number of hydrogen-bond donors (Lipinski definition) is 1. The number of benzene rings is 1. The van der Waals surface area contributed by atoms with Crippen LogP contribution in [0.25, 0.3) is 6.08 Å². The van der Waals surface area contributed by atoms with Gasteiger partial charge in [-0.1, -0.05) is 19.1 Å². The summed E-state index contributed by atoms with van der Waals surface area (Å²) in [6.45, 7) is 2.05. The molecule has 6 heteroatoms. The zero-order chi connectivity index (χ0) is 16.4. The molecule has 1 aliphatic rings. The first-order chi connectivity index (χ1) is 11.1. The first-order valence-electron chi connectivity index (χ1n) is 7.14. The number of furan rings is 1. The Bertz CT molecular complexity index is 792. The second-order valence-electron chi connectivity index (χ2n) is 4.99. The minimum atomic E-state index is -0.530. The molecule has 116 valence electrons. The predicted molar refractivity (Wildman–Crippen MR) is 90.7 cm³/mol. The fourth-order valence-electron chi connectivity index (χ4n) is 2.29. The van der Waals surface area contributed by atoms with Gasteiger partial charge in [0, 0.05) is 0 Å². The van der Waals surface area contributed by atoms with Gasteiger partial charge in [-0.15, -0.1) is 0 Å². The normalized spacial score (nSPS) is 16.8. The van der Waals surface area contributed by atoms with Crippen molar-refractivity contribution in [3.63, 3.8) is 0 Å². The van der Waals surface area contributed by atoms with Gasteiger partial charge in [0.2, 0.25) is 0 Å². The summed E-state index contributed by atoms with van der Waals surface area (Å²) in [5, 5.41) is 2.61. The van der Waals surface area contributed by atoms with Crippen LogP contribution in [0, 0.1) is 0 Å². The second-order valence-corrected chi connectivity index (χ2v) is 5.38. The molecule has 2 heterocycles. The number of amides is 2. The van der Waals surface area contributed by atoms with Crippen molar-refractivity contribution in [2.24, 2.45) is 0 Å². The summed E-state index contributed by atoms with van der Waals surface area (Å²) in [6, 6.07) is 10.8. The van der Waals surface area contributed by atoms with Crippen LogP contribution in [0.3, 0.4) is 0 Å². The summed E-state index contributed by atoms with van der Waals surface area (Å²) in [5.74, 6) is -0.574. The Labute approximate surface area is 138 Å². The number of aryl methyl sites for hydroxylation is 1. The lowest BCUT2D eigenvalue weighted by molar-refractivity contribution is -0.122. The maximum Gasteiger partial charge on any atom is 0.270 e. The third kappa shape index (κ3) is 2.93. The molecule has 0 saturated carbocycles. The van der Waals surface area contributed by atoms with Crippen LogP contribution in [0.15, 0.2) is 52.7 Å². The van der Waals surface area contributed by atoms with Gasteiger partial charge >= 0.3 is 0 Å². The number of rotatable bonds is 3. The molecule has 0 aliphatic carbocycles. The minimum Gasteiger partial charge on any atom is -0.465 e. The lowest BCUT2D eigenvalue weighted by Crippen LogP contribution is -2.54. The van der Waals surface area contributed by atoms with Gasteiger partial charge in [-0.25, -0.2) is 0 Å². The molecular weight excluding hydrogens is 312 g/mol. The number of carbonyl (C=O) groups excluding carboxylic acids is 2. The number of carbonyl (C=O) groups is 2. The summed E-state index contributed by atoms with van der Waals surface area (Å²) in [4.78, 5) is 26.1. The molecule has 5 nitrogen and oxygen atoms in total. The van der Waals surface area contributed by atoms with Crippen molar-refractivity contribution < 1.29 is 14.0 Å². The van der Waals surface area contributed by atoms with Gasteiger partial charge in [0.1, 0.15) is 11.3 Å². The Morgan fingerprint density at radius 1 is 1.22 bits per heavy atom. The van der Waals surface area contributed by atoms with Crippen LogP contribution < -0.4 is 10.2 Å². The zero-order valence-electron chi connectivity index (χ0n) is 12.4. The van der Waals surface area contributed by atoms with Crippen LogP contribution in [-0.4, -0.2) is 16.9 Å². The smallest absolute Gasteiger partial charge is 0.270 e. The van der Waals surface area contributed by atoms with Crippen molar-refractivity contribution >= 4 is 40.9 Å². The summed E-state index contributed by atoms with van der Waals surface area (Å²) in [5.41, 5.74) is 1.75. The molecule has 0 radical (unpaired) electrons. The standard InChI is InChI=1S/C17H14N2O3S/c1-2-11-5-7-12(8-6-11)19-16(21)14(15(20)18-17(19)23)10-13-4-3-9-22-13/h3-10H,2H2,1H3,(H,18,20,23). The molecule has 2 aromatic rings. The molecule has 0 unspecified atom stereocenters. The molecule has 1 aromatic heterocycles. The number of nitrogens with one attached hydrogen (secondary N) is 1. The van der Waals surface area contributed by atoms with Gasteiger partial charge in [-0.3, -0.25) is 19.8 Å². The number of anilines is 1. The van der Waals surface area contributed by atoms with Crippen molar-refractivity contribution in [3.05, 3.63) is 59.6 Å². The lowest BCUT2D eigenvalue weighted by atomic mass is 10.1. The van der Waals surface area contributed by atoms with E-state index in [0.29, 0.717) is 11.4 Å². The van der Waals surface area contributed by atoms with Crippen LogP contribution in [0.2, 0.25) is 0 Å². The van der Waals surface area contributed by atoms with Crippen molar-refractivity contribution in [1.29, 1.82) is 0 Å². The maximum atomic E-state index is 12.7. The summed E-state index contributed by atoms with van der Waals surface area (Å²) >= 11 is 5.15. The highest BCUT2D eigenvalue weighted by molar-refractivity contribution is 7.80. The minimum absolute atomic E-state index is 0.0203. The van der Waals surface area contributed by atoms with Crippen LogP contribution in [0.5, 0.6) is 0 Å². The molecule has 2 amide bonds. The number of thiocarbonyl (C=S) groups is 1. The van der Waals surface area contributed by atoms with Crippen molar-refractivity contribution in [2.75, 3.05) is 4.90 Å². The largest absolute Gasteiger partial charge is 0.465 e. The molecule has 23 heavy (non-hydrogen) atoms. The predicted octanol–water partition coefficient (Wildman–Crippen LogP) is 2.67. The zero-order valence-corrected chi connectivity index (χ0v) is 13.2. The van der Waals surface area contributed by atoms with Crippen LogP contribution in [0.1, 0.15) is 18.2 Å². The monoisotopic (exact) mass is 326 g/mol. The maximum absolute atomic E-state index is 12.7. The molecule has 1 saturated heterocycles. The average Bonchev–Trinajstić information content (AvgIpc) is 3.05. The summed E-state index contributed by atoms with van der Waals surface area (Å²) in [7, 11) is 0. The quantitative estimate of drug-likeness (QED) is 0.535. The van der Waals surface area contributed by atoms with E-state index in [1.807, 2.05) is 24.3 Å². The molecule has 1 aromatic carbocycles. The van der Waals surface area contributed by atoms with Crippen molar-refractivity contribution in [3.8, 4) is 0 Å². The van der Waals surface area contributed by atoms with Crippen molar-refractivity contribution in [1.82, 2.24) is 5.32 Å². The van der Waals surface area contributed by atoms with E-state index in [-0.39, 0.29) is 10.7 Å². The summed E-state index contributed by atoms with van der Waals surface area (Å²) < 4.78 is 5.17. The van der Waals surface area contributed by atoms with Gasteiger partial charge in [0.15, 0.2) is 5.11 Å². The Balaban J connectivity index is 1.98. The highest BCUT2D eigenvalue weighted by Crippen LogP contribution is 2.22. The van der Waals surface area contributed by atoms with Gasteiger partial charge < -0.3 is 4.42 Å². The second kappa shape index (κ2) is 6.18. The Morgan fingerprint density at radius 3 is 2.57 bits per heavy atom. The van der Waals surface area contributed by atoms with E-state index in [0.717, 1.165) is 12.0 Å². The molecule has 1 N–H and O–H groups in total. The Kier molecular flexibility index (Phi) is 4.08. The fraction of sp³-hybridized carbons (Fsp3) is 0.118. The molecule has 1 aliphatic heterocycles. The van der Waals surface area contributed by atoms with Gasteiger partial charge in [0.05, 0.1) is 12.0 Å². The Morgan fingerprint density at radius 2 is 1.96 bits per heavy atom. The van der Waals surface area contributed by atoms with Crippen LogP contribution in [0.4, 0.5) is 5.69 Å². The third-order valence-electron chi connectivity index (χ3n) is 3.53. The lowest BCUT2D eigenvalue weighted by Gasteiger charge is -2.28. The molecule has 0 atom stereocenters. The molecule has 0 bridgehead atoms. The van der Waals surface area contributed by atoms with E-state index in [1.165, 1.54) is 17.2 Å².